The van der Waals surface area contributed by atoms with Gasteiger partial charge in [-0.1, -0.05) is 6.07 Å². The molecule has 1 aliphatic rings. The lowest BCUT2D eigenvalue weighted by molar-refractivity contribution is 0.0629. The number of rotatable bonds is 6. The summed E-state index contributed by atoms with van der Waals surface area (Å²) >= 11 is 1.73. The molecule has 1 amide bonds. The molecule has 3 rings (SSSR count). The fourth-order valence-electron chi connectivity index (χ4n) is 3.04. The van der Waals surface area contributed by atoms with Gasteiger partial charge in [-0.2, -0.15) is 0 Å². The average molecular weight is 410 g/mol. The van der Waals surface area contributed by atoms with Gasteiger partial charge in [0.15, 0.2) is 0 Å². The highest BCUT2D eigenvalue weighted by atomic mass is 32.2. The van der Waals surface area contributed by atoms with Crippen LogP contribution in [0.4, 0.5) is 0 Å². The molecule has 1 aromatic heterocycles. The first kappa shape index (κ1) is 19.8. The fraction of sp³-hybridized carbons (Fsp3) is 0.389. The molecule has 2 aromatic rings. The number of amides is 1. The lowest BCUT2D eigenvalue weighted by Crippen LogP contribution is -2.48. The summed E-state index contributed by atoms with van der Waals surface area (Å²) in [5.41, 5.74) is 0.344. The zero-order valence-corrected chi connectivity index (χ0v) is 17.0. The van der Waals surface area contributed by atoms with E-state index in [2.05, 4.69) is 21.1 Å². The molecular formula is C18H23N3O4S2. The van der Waals surface area contributed by atoms with Crippen molar-refractivity contribution in [2.75, 3.05) is 40.3 Å². The van der Waals surface area contributed by atoms with E-state index >= 15 is 0 Å². The third-order valence-corrected chi connectivity index (χ3v) is 6.88. The smallest absolute Gasteiger partial charge is 0.253 e. The van der Waals surface area contributed by atoms with Gasteiger partial charge in [-0.05, 0) is 36.7 Å². The summed E-state index contributed by atoms with van der Waals surface area (Å²) < 4.78 is 31.8. The van der Waals surface area contributed by atoms with Crippen LogP contribution >= 0.6 is 11.3 Å². The number of nitrogens with one attached hydrogen (secondary N) is 1. The molecular weight excluding hydrogens is 386 g/mol. The highest BCUT2D eigenvalue weighted by molar-refractivity contribution is 7.89. The molecule has 1 fully saturated rings. The Morgan fingerprint density at radius 2 is 1.96 bits per heavy atom. The second kappa shape index (κ2) is 8.39. The van der Waals surface area contributed by atoms with Crippen LogP contribution in [0, 0.1) is 0 Å². The minimum atomic E-state index is -3.72. The van der Waals surface area contributed by atoms with Gasteiger partial charge >= 0.3 is 0 Å². The van der Waals surface area contributed by atoms with Gasteiger partial charge in [-0.25, -0.2) is 13.1 Å². The van der Waals surface area contributed by atoms with Crippen LogP contribution < -0.4 is 9.46 Å². The largest absolute Gasteiger partial charge is 0.495 e. The standard InChI is InChI=1S/C18H23N3O4S2/c1-19-27(23,24)17-12-14(5-6-16(17)25-2)18(22)21-9-7-20(8-10-21)13-15-4-3-11-26-15/h3-6,11-12,19H,7-10,13H2,1-2H3. The maximum atomic E-state index is 12.8. The van der Waals surface area contributed by atoms with Crippen molar-refractivity contribution in [3.8, 4) is 5.75 Å². The number of nitrogens with zero attached hydrogens (tertiary/aromatic N) is 2. The number of benzene rings is 1. The van der Waals surface area contributed by atoms with Crippen molar-refractivity contribution in [3.63, 3.8) is 0 Å². The Labute approximate surface area is 163 Å². The first-order chi connectivity index (χ1) is 12.9. The van der Waals surface area contributed by atoms with Crippen LogP contribution in [0.2, 0.25) is 0 Å². The minimum Gasteiger partial charge on any atom is -0.495 e. The summed E-state index contributed by atoms with van der Waals surface area (Å²) in [5, 5.41) is 2.07. The molecule has 9 heteroatoms. The molecule has 146 valence electrons. The first-order valence-corrected chi connectivity index (χ1v) is 11.0. The topological polar surface area (TPSA) is 79.0 Å². The molecule has 0 spiro atoms. The summed E-state index contributed by atoms with van der Waals surface area (Å²) in [6.45, 7) is 3.71. The predicted molar refractivity (Wildman–Crippen MR) is 105 cm³/mol. The Morgan fingerprint density at radius 1 is 1.22 bits per heavy atom. The van der Waals surface area contributed by atoms with Gasteiger partial charge in [0.05, 0.1) is 7.11 Å². The Kier molecular flexibility index (Phi) is 6.15. The number of piperazine rings is 1. The van der Waals surface area contributed by atoms with E-state index in [1.807, 2.05) is 6.07 Å². The molecule has 0 saturated carbocycles. The van der Waals surface area contributed by atoms with Gasteiger partial charge in [0.25, 0.3) is 5.91 Å². The van der Waals surface area contributed by atoms with Gasteiger partial charge < -0.3 is 9.64 Å². The first-order valence-electron chi connectivity index (χ1n) is 8.60. The minimum absolute atomic E-state index is 0.0327. The molecule has 1 saturated heterocycles. The molecule has 1 aliphatic heterocycles. The third kappa shape index (κ3) is 4.49. The van der Waals surface area contributed by atoms with E-state index in [1.165, 1.54) is 31.2 Å². The fourth-order valence-corrected chi connectivity index (χ4v) is 4.71. The number of carbonyl (C=O) groups is 1. The van der Waals surface area contributed by atoms with Crippen molar-refractivity contribution in [1.82, 2.24) is 14.5 Å². The second-order valence-electron chi connectivity index (χ2n) is 6.22. The molecule has 0 aliphatic carbocycles. The van der Waals surface area contributed by atoms with E-state index in [-0.39, 0.29) is 16.6 Å². The summed E-state index contributed by atoms with van der Waals surface area (Å²) in [6, 6.07) is 8.66. The maximum absolute atomic E-state index is 12.8. The van der Waals surface area contributed by atoms with Crippen molar-refractivity contribution in [3.05, 3.63) is 46.2 Å². The Hall–Kier alpha value is -1.94. The normalized spacial score (nSPS) is 15.7. The molecule has 0 unspecified atom stereocenters. The van der Waals surface area contributed by atoms with Crippen LogP contribution in [0.5, 0.6) is 5.75 Å². The van der Waals surface area contributed by atoms with E-state index in [4.69, 9.17) is 4.74 Å². The molecule has 1 N–H and O–H groups in total. The number of sulfonamides is 1. The highest BCUT2D eigenvalue weighted by Crippen LogP contribution is 2.25. The van der Waals surface area contributed by atoms with Crippen LogP contribution in [0.1, 0.15) is 15.2 Å². The molecule has 1 aromatic carbocycles. The van der Waals surface area contributed by atoms with Crippen LogP contribution in [0.25, 0.3) is 0 Å². The zero-order valence-electron chi connectivity index (χ0n) is 15.3. The lowest BCUT2D eigenvalue weighted by Gasteiger charge is -2.34. The molecule has 0 atom stereocenters. The van der Waals surface area contributed by atoms with E-state index < -0.39 is 10.0 Å². The number of methoxy groups -OCH3 is 1. The van der Waals surface area contributed by atoms with Crippen molar-refractivity contribution < 1.29 is 17.9 Å². The van der Waals surface area contributed by atoms with E-state index in [9.17, 15) is 13.2 Å². The summed E-state index contributed by atoms with van der Waals surface area (Å²) in [6.07, 6.45) is 0. The predicted octanol–water partition coefficient (Wildman–Crippen LogP) is 1.62. The van der Waals surface area contributed by atoms with Crippen LogP contribution in [-0.2, 0) is 16.6 Å². The van der Waals surface area contributed by atoms with Gasteiger partial charge in [0.2, 0.25) is 10.0 Å². The monoisotopic (exact) mass is 409 g/mol. The van der Waals surface area contributed by atoms with Crippen LogP contribution in [0.15, 0.2) is 40.6 Å². The van der Waals surface area contributed by atoms with Crippen LogP contribution in [-0.4, -0.2) is 64.5 Å². The van der Waals surface area contributed by atoms with Crippen molar-refractivity contribution in [2.45, 2.75) is 11.4 Å². The van der Waals surface area contributed by atoms with Gasteiger partial charge in [0, 0.05) is 43.2 Å². The Bertz CT molecular complexity index is 889. The van der Waals surface area contributed by atoms with Crippen molar-refractivity contribution in [1.29, 1.82) is 0 Å². The zero-order chi connectivity index (χ0) is 19.4. The summed E-state index contributed by atoms with van der Waals surface area (Å²) in [7, 11) is -0.988. The Balaban J connectivity index is 1.70. The molecule has 0 radical (unpaired) electrons. The highest BCUT2D eigenvalue weighted by Gasteiger charge is 2.25. The van der Waals surface area contributed by atoms with Crippen LogP contribution in [0.3, 0.4) is 0 Å². The summed E-state index contributed by atoms with van der Waals surface area (Å²) in [5.74, 6) is 0.0441. The van der Waals surface area contributed by atoms with Crippen molar-refractivity contribution >= 4 is 27.3 Å². The third-order valence-electron chi connectivity index (χ3n) is 4.59. The van der Waals surface area contributed by atoms with Gasteiger partial charge in [0.1, 0.15) is 10.6 Å². The molecule has 0 bridgehead atoms. The number of hydrogen-bond acceptors (Lipinski definition) is 6. The second-order valence-corrected chi connectivity index (χ2v) is 9.11. The van der Waals surface area contributed by atoms with Gasteiger partial charge in [-0.3, -0.25) is 9.69 Å². The number of hydrogen-bond donors (Lipinski definition) is 1. The number of thiophene rings is 1. The molecule has 2 heterocycles. The quantitative estimate of drug-likeness (QED) is 0.784. The Morgan fingerprint density at radius 3 is 2.56 bits per heavy atom. The number of carbonyl (C=O) groups excluding carboxylic acids is 1. The SMILES string of the molecule is CNS(=O)(=O)c1cc(C(=O)N2CCN(Cc3cccs3)CC2)ccc1OC. The van der Waals surface area contributed by atoms with E-state index in [0.29, 0.717) is 18.7 Å². The molecule has 7 nitrogen and oxygen atoms in total. The van der Waals surface area contributed by atoms with E-state index in [1.54, 1.807) is 22.3 Å². The maximum Gasteiger partial charge on any atom is 0.253 e. The molecule has 27 heavy (non-hydrogen) atoms. The summed E-state index contributed by atoms with van der Waals surface area (Å²) in [4.78, 5) is 18.2. The average Bonchev–Trinajstić information content (AvgIpc) is 3.20. The van der Waals surface area contributed by atoms with Gasteiger partial charge in [-0.15, -0.1) is 11.3 Å². The van der Waals surface area contributed by atoms with E-state index in [0.717, 1.165) is 19.6 Å². The van der Waals surface area contributed by atoms with Crippen molar-refractivity contribution in [2.24, 2.45) is 0 Å². The lowest BCUT2D eigenvalue weighted by atomic mass is 10.1. The number of ether oxygens (including phenoxy) is 1.